The zero-order chi connectivity index (χ0) is 13.1. The van der Waals surface area contributed by atoms with Crippen LogP contribution in [0.25, 0.3) is 0 Å². The van der Waals surface area contributed by atoms with Crippen LogP contribution in [0.2, 0.25) is 0 Å². The molecule has 4 heteroatoms. The third-order valence-electron chi connectivity index (χ3n) is 4.58. The van der Waals surface area contributed by atoms with Crippen molar-refractivity contribution in [3.8, 4) is 0 Å². The Balaban J connectivity index is 1.54. The van der Waals surface area contributed by atoms with Crippen LogP contribution in [0.5, 0.6) is 0 Å². The Morgan fingerprint density at radius 3 is 2.68 bits per heavy atom. The van der Waals surface area contributed by atoms with Gasteiger partial charge in [-0.2, -0.15) is 0 Å². The second-order valence-corrected chi connectivity index (χ2v) is 6.14. The lowest BCUT2D eigenvalue weighted by atomic mass is 9.78. The summed E-state index contributed by atoms with van der Waals surface area (Å²) in [6, 6.07) is 2.48. The SMILES string of the molecule is NC1CC(c2cc(NCC3CCCCC3)ncn2)C1. The number of rotatable bonds is 4. The summed E-state index contributed by atoms with van der Waals surface area (Å²) in [6.45, 7) is 1.06. The zero-order valence-corrected chi connectivity index (χ0v) is 11.5. The molecule has 4 nitrogen and oxygen atoms in total. The van der Waals surface area contributed by atoms with Gasteiger partial charge in [-0.3, -0.25) is 0 Å². The molecule has 2 saturated carbocycles. The van der Waals surface area contributed by atoms with E-state index in [-0.39, 0.29) is 0 Å². The molecule has 19 heavy (non-hydrogen) atoms. The number of hydrogen-bond donors (Lipinski definition) is 2. The number of nitrogens with two attached hydrogens (primary N) is 1. The summed E-state index contributed by atoms with van der Waals surface area (Å²) >= 11 is 0. The van der Waals surface area contributed by atoms with Gasteiger partial charge in [0.25, 0.3) is 0 Å². The molecule has 0 spiro atoms. The first kappa shape index (κ1) is 12.9. The molecule has 0 saturated heterocycles. The molecule has 0 aromatic carbocycles. The van der Waals surface area contributed by atoms with Gasteiger partial charge in [0, 0.05) is 30.3 Å². The molecule has 1 heterocycles. The second kappa shape index (κ2) is 5.87. The first-order valence-electron chi connectivity index (χ1n) is 7.62. The molecule has 0 amide bonds. The predicted octanol–water partition coefficient (Wildman–Crippen LogP) is 2.67. The first-order chi connectivity index (χ1) is 9.31. The standard InChI is InChI=1S/C15H24N4/c16-13-6-12(7-13)14-8-15(19-10-18-14)17-9-11-4-2-1-3-5-11/h8,10-13H,1-7,9,16H2,(H,17,18,19). The van der Waals surface area contributed by atoms with E-state index in [1.165, 1.54) is 32.1 Å². The smallest absolute Gasteiger partial charge is 0.129 e. The molecular weight excluding hydrogens is 236 g/mol. The maximum Gasteiger partial charge on any atom is 0.129 e. The summed E-state index contributed by atoms with van der Waals surface area (Å²) in [4.78, 5) is 8.71. The molecule has 1 aromatic heterocycles. The van der Waals surface area contributed by atoms with Crippen LogP contribution in [0.3, 0.4) is 0 Å². The maximum atomic E-state index is 5.84. The minimum atomic E-state index is 0.374. The molecule has 0 aliphatic heterocycles. The molecule has 0 bridgehead atoms. The van der Waals surface area contributed by atoms with Crippen LogP contribution in [0, 0.1) is 5.92 Å². The first-order valence-corrected chi connectivity index (χ1v) is 7.62. The molecule has 0 atom stereocenters. The van der Waals surface area contributed by atoms with Crippen molar-refractivity contribution in [1.29, 1.82) is 0 Å². The molecule has 2 aliphatic rings. The number of hydrogen-bond acceptors (Lipinski definition) is 4. The Labute approximate surface area is 115 Å². The van der Waals surface area contributed by atoms with E-state index in [9.17, 15) is 0 Å². The Hall–Kier alpha value is -1.16. The third-order valence-corrected chi connectivity index (χ3v) is 4.58. The van der Waals surface area contributed by atoms with Crippen LogP contribution in [0.15, 0.2) is 12.4 Å². The lowest BCUT2D eigenvalue weighted by Gasteiger charge is -2.31. The molecule has 3 rings (SSSR count). The molecule has 1 aromatic rings. The Kier molecular flexibility index (Phi) is 3.97. The van der Waals surface area contributed by atoms with Crippen LogP contribution >= 0.6 is 0 Å². The number of nitrogens with zero attached hydrogens (tertiary/aromatic N) is 2. The average molecular weight is 260 g/mol. The Morgan fingerprint density at radius 1 is 1.16 bits per heavy atom. The van der Waals surface area contributed by atoms with E-state index in [2.05, 4.69) is 21.4 Å². The highest BCUT2D eigenvalue weighted by atomic mass is 15.0. The van der Waals surface area contributed by atoms with E-state index in [1.54, 1.807) is 6.33 Å². The topological polar surface area (TPSA) is 63.8 Å². The summed E-state index contributed by atoms with van der Waals surface area (Å²) in [5.74, 6) is 2.36. The minimum absolute atomic E-state index is 0.374. The summed E-state index contributed by atoms with van der Waals surface area (Å²) in [5.41, 5.74) is 7.00. The number of aromatic nitrogens is 2. The van der Waals surface area contributed by atoms with Crippen LogP contribution in [0.4, 0.5) is 5.82 Å². The van der Waals surface area contributed by atoms with E-state index < -0.39 is 0 Å². The van der Waals surface area contributed by atoms with E-state index in [0.717, 1.165) is 36.8 Å². The normalized spacial score (nSPS) is 27.8. The summed E-state index contributed by atoms with van der Waals surface area (Å²) in [7, 11) is 0. The quantitative estimate of drug-likeness (QED) is 0.873. The highest BCUT2D eigenvalue weighted by molar-refractivity contribution is 5.36. The van der Waals surface area contributed by atoms with Crippen LogP contribution in [-0.2, 0) is 0 Å². The lowest BCUT2D eigenvalue weighted by Crippen LogP contribution is -2.35. The van der Waals surface area contributed by atoms with Gasteiger partial charge in [0.15, 0.2) is 0 Å². The van der Waals surface area contributed by atoms with Crippen LogP contribution in [-0.4, -0.2) is 22.6 Å². The third kappa shape index (κ3) is 3.24. The van der Waals surface area contributed by atoms with Gasteiger partial charge in [-0.1, -0.05) is 19.3 Å². The van der Waals surface area contributed by atoms with Crippen molar-refractivity contribution in [3.63, 3.8) is 0 Å². The van der Waals surface area contributed by atoms with E-state index in [0.29, 0.717) is 12.0 Å². The predicted molar refractivity (Wildman–Crippen MR) is 77.0 cm³/mol. The zero-order valence-electron chi connectivity index (χ0n) is 11.5. The minimum Gasteiger partial charge on any atom is -0.370 e. The molecular formula is C15H24N4. The van der Waals surface area contributed by atoms with Gasteiger partial charge in [0.05, 0.1) is 0 Å². The fourth-order valence-electron chi connectivity index (χ4n) is 3.24. The molecule has 104 valence electrons. The summed E-state index contributed by atoms with van der Waals surface area (Å²) < 4.78 is 0. The van der Waals surface area contributed by atoms with Crippen molar-refractivity contribution in [2.45, 2.75) is 56.9 Å². The van der Waals surface area contributed by atoms with Crippen LogP contribution in [0.1, 0.15) is 56.6 Å². The maximum absolute atomic E-state index is 5.84. The van der Waals surface area contributed by atoms with Gasteiger partial charge >= 0.3 is 0 Å². The van der Waals surface area contributed by atoms with Crippen molar-refractivity contribution in [3.05, 3.63) is 18.1 Å². The molecule has 0 radical (unpaired) electrons. The van der Waals surface area contributed by atoms with Crippen molar-refractivity contribution >= 4 is 5.82 Å². The van der Waals surface area contributed by atoms with E-state index in [4.69, 9.17) is 5.73 Å². The molecule has 3 N–H and O–H groups in total. The second-order valence-electron chi connectivity index (χ2n) is 6.14. The summed E-state index contributed by atoms with van der Waals surface area (Å²) in [5, 5.41) is 3.49. The van der Waals surface area contributed by atoms with Crippen LogP contribution < -0.4 is 11.1 Å². The number of anilines is 1. The Bertz CT molecular complexity index is 408. The van der Waals surface area contributed by atoms with Crippen molar-refractivity contribution in [2.24, 2.45) is 11.7 Å². The van der Waals surface area contributed by atoms with Gasteiger partial charge in [-0.25, -0.2) is 9.97 Å². The highest BCUT2D eigenvalue weighted by Crippen LogP contribution is 2.34. The fourth-order valence-corrected chi connectivity index (χ4v) is 3.24. The largest absolute Gasteiger partial charge is 0.370 e. The van der Waals surface area contributed by atoms with Gasteiger partial charge in [0.1, 0.15) is 12.1 Å². The highest BCUT2D eigenvalue weighted by Gasteiger charge is 2.28. The number of nitrogens with one attached hydrogen (secondary N) is 1. The van der Waals surface area contributed by atoms with E-state index >= 15 is 0 Å². The molecule has 2 aliphatic carbocycles. The van der Waals surface area contributed by atoms with Gasteiger partial charge in [-0.15, -0.1) is 0 Å². The van der Waals surface area contributed by atoms with E-state index in [1.807, 2.05) is 0 Å². The molecule has 2 fully saturated rings. The molecule has 0 unspecified atom stereocenters. The van der Waals surface area contributed by atoms with Gasteiger partial charge in [-0.05, 0) is 31.6 Å². The summed E-state index contributed by atoms with van der Waals surface area (Å²) in [6.07, 6.45) is 10.7. The van der Waals surface area contributed by atoms with Crippen molar-refractivity contribution < 1.29 is 0 Å². The Morgan fingerprint density at radius 2 is 1.95 bits per heavy atom. The van der Waals surface area contributed by atoms with Crippen molar-refractivity contribution in [2.75, 3.05) is 11.9 Å². The average Bonchev–Trinajstić information content (AvgIpc) is 2.43. The van der Waals surface area contributed by atoms with Gasteiger partial charge in [0.2, 0.25) is 0 Å². The van der Waals surface area contributed by atoms with Gasteiger partial charge < -0.3 is 11.1 Å². The van der Waals surface area contributed by atoms with Crippen molar-refractivity contribution in [1.82, 2.24) is 9.97 Å². The monoisotopic (exact) mass is 260 g/mol. The fraction of sp³-hybridized carbons (Fsp3) is 0.733. The lowest BCUT2D eigenvalue weighted by molar-refractivity contribution is 0.345.